The molecule has 0 aromatic heterocycles. The van der Waals surface area contributed by atoms with E-state index in [1.165, 1.54) is 18.2 Å². The number of hydrogen-bond donors (Lipinski definition) is 0. The van der Waals surface area contributed by atoms with Crippen LogP contribution in [0.2, 0.25) is 5.02 Å². The van der Waals surface area contributed by atoms with Gasteiger partial charge >= 0.3 is 0 Å². The third kappa shape index (κ3) is 2.79. The Hall–Kier alpha value is -1.61. The lowest BCUT2D eigenvalue weighted by Crippen LogP contribution is -1.99. The van der Waals surface area contributed by atoms with Crippen LogP contribution >= 0.6 is 11.6 Å². The summed E-state index contributed by atoms with van der Waals surface area (Å²) in [5, 5.41) is 0.0615. The van der Waals surface area contributed by atoms with Crippen LogP contribution in [0, 0.1) is 18.6 Å². The maximum atomic E-state index is 13.6. The van der Waals surface area contributed by atoms with E-state index in [4.69, 9.17) is 16.3 Å². The number of hydrogen-bond acceptors (Lipinski definition) is 1. The highest BCUT2D eigenvalue weighted by Crippen LogP contribution is 2.21. The monoisotopic (exact) mass is 268 g/mol. The molecule has 0 heterocycles. The van der Waals surface area contributed by atoms with Crippen molar-refractivity contribution in [3.8, 4) is 5.75 Å². The molecule has 0 fully saturated rings. The van der Waals surface area contributed by atoms with Gasteiger partial charge in [-0.15, -0.1) is 0 Å². The Morgan fingerprint density at radius 2 is 1.94 bits per heavy atom. The first-order valence-electron chi connectivity index (χ1n) is 5.40. The zero-order valence-electron chi connectivity index (χ0n) is 9.71. The minimum atomic E-state index is -0.488. The summed E-state index contributed by atoms with van der Waals surface area (Å²) in [5.41, 5.74) is 0.851. The molecule has 2 aromatic rings. The molecule has 0 atom stereocenters. The Balaban J connectivity index is 2.11. The van der Waals surface area contributed by atoms with Gasteiger partial charge in [0.25, 0.3) is 0 Å². The summed E-state index contributed by atoms with van der Waals surface area (Å²) in [6, 6.07) is 9.11. The third-order valence-electron chi connectivity index (χ3n) is 2.56. The van der Waals surface area contributed by atoms with Crippen molar-refractivity contribution in [1.29, 1.82) is 0 Å². The van der Waals surface area contributed by atoms with Crippen molar-refractivity contribution >= 4 is 11.6 Å². The van der Waals surface area contributed by atoms with Crippen LogP contribution in [-0.4, -0.2) is 0 Å². The van der Waals surface area contributed by atoms with E-state index in [0.717, 1.165) is 0 Å². The van der Waals surface area contributed by atoms with Gasteiger partial charge in [-0.05, 0) is 36.8 Å². The highest BCUT2D eigenvalue weighted by atomic mass is 35.5. The van der Waals surface area contributed by atoms with E-state index in [1.807, 2.05) is 0 Å². The SMILES string of the molecule is Cc1cc(OCc2cccc(Cl)c2F)ccc1F. The molecule has 2 rings (SSSR count). The van der Waals surface area contributed by atoms with Crippen molar-refractivity contribution in [2.24, 2.45) is 0 Å². The Morgan fingerprint density at radius 1 is 1.17 bits per heavy atom. The van der Waals surface area contributed by atoms with Crippen molar-refractivity contribution in [2.45, 2.75) is 13.5 Å². The van der Waals surface area contributed by atoms with Gasteiger partial charge in [-0.25, -0.2) is 8.78 Å². The first kappa shape index (κ1) is 12.8. The molecule has 4 heteroatoms. The molecule has 18 heavy (non-hydrogen) atoms. The molecule has 0 saturated carbocycles. The molecular formula is C14H11ClF2O. The minimum absolute atomic E-state index is 0.0530. The molecule has 0 aliphatic carbocycles. The quantitative estimate of drug-likeness (QED) is 0.796. The molecule has 2 aromatic carbocycles. The fourth-order valence-corrected chi connectivity index (χ4v) is 1.72. The van der Waals surface area contributed by atoms with Crippen LogP contribution in [0.25, 0.3) is 0 Å². The highest BCUT2D eigenvalue weighted by Gasteiger charge is 2.07. The maximum Gasteiger partial charge on any atom is 0.148 e. The molecule has 0 saturated heterocycles. The first-order chi connectivity index (χ1) is 8.58. The average Bonchev–Trinajstić information content (AvgIpc) is 2.35. The Labute approximate surface area is 109 Å². The van der Waals surface area contributed by atoms with Gasteiger partial charge in [0.15, 0.2) is 0 Å². The predicted octanol–water partition coefficient (Wildman–Crippen LogP) is 4.51. The van der Waals surface area contributed by atoms with Crippen molar-refractivity contribution in [3.63, 3.8) is 0 Å². The molecular weight excluding hydrogens is 258 g/mol. The summed E-state index contributed by atoms with van der Waals surface area (Å²) < 4.78 is 32.0. The summed E-state index contributed by atoms with van der Waals surface area (Å²) in [6.45, 7) is 1.69. The predicted molar refractivity (Wildman–Crippen MR) is 66.9 cm³/mol. The zero-order valence-corrected chi connectivity index (χ0v) is 10.5. The maximum absolute atomic E-state index is 13.6. The lowest BCUT2D eigenvalue weighted by Gasteiger charge is -2.08. The third-order valence-corrected chi connectivity index (χ3v) is 2.85. The highest BCUT2D eigenvalue weighted by molar-refractivity contribution is 6.30. The van der Waals surface area contributed by atoms with Crippen LogP contribution in [0.4, 0.5) is 8.78 Å². The van der Waals surface area contributed by atoms with Gasteiger partial charge < -0.3 is 4.74 Å². The normalized spacial score (nSPS) is 10.4. The standard InChI is InChI=1S/C14H11ClF2O/c1-9-7-11(5-6-13(9)16)18-8-10-3-2-4-12(15)14(10)17/h2-7H,8H2,1H3. The zero-order chi connectivity index (χ0) is 13.1. The van der Waals surface area contributed by atoms with Crippen LogP contribution in [0.15, 0.2) is 36.4 Å². The van der Waals surface area contributed by atoms with E-state index in [0.29, 0.717) is 16.9 Å². The van der Waals surface area contributed by atoms with Crippen LogP contribution in [0.3, 0.4) is 0 Å². The molecule has 0 spiro atoms. The number of halogens is 3. The van der Waals surface area contributed by atoms with E-state index in [2.05, 4.69) is 0 Å². The Bertz CT molecular complexity index is 570. The Morgan fingerprint density at radius 3 is 2.67 bits per heavy atom. The summed E-state index contributed by atoms with van der Waals surface area (Å²) >= 11 is 5.66. The van der Waals surface area contributed by atoms with E-state index in [-0.39, 0.29) is 17.4 Å². The summed E-state index contributed by atoms with van der Waals surface area (Å²) in [6.07, 6.45) is 0. The van der Waals surface area contributed by atoms with Gasteiger partial charge in [0, 0.05) is 5.56 Å². The average molecular weight is 269 g/mol. The van der Waals surface area contributed by atoms with Gasteiger partial charge in [0.2, 0.25) is 0 Å². The van der Waals surface area contributed by atoms with Crippen LogP contribution in [-0.2, 0) is 6.61 Å². The molecule has 0 N–H and O–H groups in total. The van der Waals surface area contributed by atoms with Crippen molar-refractivity contribution < 1.29 is 13.5 Å². The number of benzene rings is 2. The van der Waals surface area contributed by atoms with E-state index < -0.39 is 5.82 Å². The van der Waals surface area contributed by atoms with E-state index >= 15 is 0 Å². The van der Waals surface area contributed by atoms with Gasteiger partial charge in [-0.1, -0.05) is 23.7 Å². The van der Waals surface area contributed by atoms with E-state index in [9.17, 15) is 8.78 Å². The second kappa shape index (κ2) is 5.36. The molecule has 94 valence electrons. The van der Waals surface area contributed by atoms with Crippen molar-refractivity contribution in [1.82, 2.24) is 0 Å². The summed E-state index contributed by atoms with van der Waals surface area (Å²) in [7, 11) is 0. The lowest BCUT2D eigenvalue weighted by atomic mass is 10.2. The smallest absolute Gasteiger partial charge is 0.148 e. The Kier molecular flexibility index (Phi) is 3.82. The molecule has 1 nitrogen and oxygen atoms in total. The van der Waals surface area contributed by atoms with E-state index in [1.54, 1.807) is 25.1 Å². The minimum Gasteiger partial charge on any atom is -0.489 e. The van der Waals surface area contributed by atoms with Gasteiger partial charge in [0.1, 0.15) is 24.0 Å². The van der Waals surface area contributed by atoms with Crippen LogP contribution in [0.5, 0.6) is 5.75 Å². The van der Waals surface area contributed by atoms with Crippen LogP contribution in [0.1, 0.15) is 11.1 Å². The molecule has 0 amide bonds. The summed E-state index contributed by atoms with van der Waals surface area (Å²) in [5.74, 6) is -0.289. The van der Waals surface area contributed by atoms with Crippen LogP contribution < -0.4 is 4.74 Å². The second-order valence-corrected chi connectivity index (χ2v) is 4.32. The van der Waals surface area contributed by atoms with Crippen molar-refractivity contribution in [3.05, 3.63) is 64.2 Å². The van der Waals surface area contributed by atoms with Gasteiger partial charge in [-0.2, -0.15) is 0 Å². The lowest BCUT2D eigenvalue weighted by molar-refractivity contribution is 0.299. The van der Waals surface area contributed by atoms with Gasteiger partial charge in [0.05, 0.1) is 5.02 Å². The number of rotatable bonds is 3. The summed E-state index contributed by atoms with van der Waals surface area (Å²) in [4.78, 5) is 0. The fraction of sp³-hybridized carbons (Fsp3) is 0.143. The van der Waals surface area contributed by atoms with Gasteiger partial charge in [-0.3, -0.25) is 0 Å². The first-order valence-corrected chi connectivity index (χ1v) is 5.77. The number of aryl methyl sites for hydroxylation is 1. The molecule has 0 aliphatic heterocycles. The molecule has 0 radical (unpaired) electrons. The largest absolute Gasteiger partial charge is 0.489 e. The molecule has 0 bridgehead atoms. The molecule has 0 aliphatic rings. The topological polar surface area (TPSA) is 9.23 Å². The molecule has 0 unspecified atom stereocenters. The van der Waals surface area contributed by atoms with Crippen molar-refractivity contribution in [2.75, 3.05) is 0 Å². The second-order valence-electron chi connectivity index (χ2n) is 3.91. The fourth-order valence-electron chi connectivity index (χ4n) is 1.53. The number of ether oxygens (including phenoxy) is 1.